The number of fused-ring (bicyclic) bond motifs is 2. The Kier molecular flexibility index (Phi) is 5.65. The summed E-state index contributed by atoms with van der Waals surface area (Å²) in [4.78, 5) is 33.4. The second kappa shape index (κ2) is 8.55. The average Bonchev–Trinajstić information content (AvgIpc) is 3.42. The van der Waals surface area contributed by atoms with Crippen molar-refractivity contribution in [2.24, 2.45) is 0 Å². The molecule has 1 aromatic carbocycles. The molecule has 1 aromatic heterocycles. The number of imide groups is 1. The van der Waals surface area contributed by atoms with Gasteiger partial charge in [0.25, 0.3) is 0 Å². The van der Waals surface area contributed by atoms with Crippen molar-refractivity contribution in [3.05, 3.63) is 29.6 Å². The maximum Gasteiger partial charge on any atom is 0.326 e. The van der Waals surface area contributed by atoms with Gasteiger partial charge in [-0.1, -0.05) is 6.07 Å². The highest BCUT2D eigenvalue weighted by Gasteiger charge is 2.40. The second-order valence-electron chi connectivity index (χ2n) is 8.67. The monoisotopic (exact) mass is 426 g/mol. The Morgan fingerprint density at radius 2 is 1.80 bits per heavy atom. The number of piperazine rings is 1. The van der Waals surface area contributed by atoms with Crippen LogP contribution in [0.15, 0.2) is 29.6 Å². The SMILES string of the molecule is O=C1CC2CCCN2C(=O)N1CCCCN1CCN(c2cccc3sccc23)CC1. The van der Waals surface area contributed by atoms with Crippen LogP contribution < -0.4 is 4.90 Å². The number of anilines is 1. The molecular weight excluding hydrogens is 396 g/mol. The van der Waals surface area contributed by atoms with Crippen molar-refractivity contribution in [1.82, 2.24) is 14.7 Å². The number of thiophene rings is 1. The fraction of sp³-hybridized carbons (Fsp3) is 0.565. The lowest BCUT2D eigenvalue weighted by Crippen LogP contribution is -2.54. The van der Waals surface area contributed by atoms with Gasteiger partial charge in [0.15, 0.2) is 0 Å². The van der Waals surface area contributed by atoms with Gasteiger partial charge in [-0.15, -0.1) is 11.3 Å². The van der Waals surface area contributed by atoms with E-state index in [9.17, 15) is 9.59 Å². The lowest BCUT2D eigenvalue weighted by atomic mass is 10.1. The van der Waals surface area contributed by atoms with E-state index in [0.717, 1.165) is 65.0 Å². The van der Waals surface area contributed by atoms with Gasteiger partial charge in [-0.2, -0.15) is 0 Å². The number of unbranched alkanes of at least 4 members (excludes halogenated alkanes) is 1. The molecule has 0 radical (unpaired) electrons. The molecule has 2 aromatic rings. The summed E-state index contributed by atoms with van der Waals surface area (Å²) in [5.41, 5.74) is 1.36. The number of rotatable bonds is 6. The predicted molar refractivity (Wildman–Crippen MR) is 121 cm³/mol. The molecule has 3 amide bonds. The van der Waals surface area contributed by atoms with Gasteiger partial charge in [0.2, 0.25) is 5.91 Å². The summed E-state index contributed by atoms with van der Waals surface area (Å²) in [6.07, 6.45) is 4.46. The number of hydrogen-bond acceptors (Lipinski definition) is 5. The van der Waals surface area contributed by atoms with Crippen LogP contribution in [0.1, 0.15) is 32.1 Å². The van der Waals surface area contributed by atoms with Crippen LogP contribution in [-0.4, -0.2) is 78.5 Å². The van der Waals surface area contributed by atoms with Gasteiger partial charge in [0, 0.05) is 67.5 Å². The zero-order valence-electron chi connectivity index (χ0n) is 17.5. The van der Waals surface area contributed by atoms with Gasteiger partial charge >= 0.3 is 6.03 Å². The number of carbonyl (C=O) groups excluding carboxylic acids is 2. The van der Waals surface area contributed by atoms with E-state index in [1.54, 1.807) is 11.3 Å². The molecule has 0 spiro atoms. The molecule has 0 aliphatic carbocycles. The first-order valence-electron chi connectivity index (χ1n) is 11.3. The summed E-state index contributed by atoms with van der Waals surface area (Å²) < 4.78 is 1.36. The van der Waals surface area contributed by atoms with Gasteiger partial charge in [-0.25, -0.2) is 4.79 Å². The Balaban J connectivity index is 1.07. The van der Waals surface area contributed by atoms with Gasteiger partial charge in [0.05, 0.1) is 0 Å². The fourth-order valence-electron chi connectivity index (χ4n) is 5.17. The Morgan fingerprint density at radius 1 is 0.967 bits per heavy atom. The molecule has 3 aliphatic heterocycles. The second-order valence-corrected chi connectivity index (χ2v) is 9.61. The standard InChI is InChI=1S/C23H30N4O2S/c28-22-17-18-5-4-11-26(18)23(29)27(22)10-2-1-9-24-12-14-25(15-13-24)20-6-3-7-21-19(20)8-16-30-21/h3,6-8,16,18H,1-2,4-5,9-15,17H2. The van der Waals surface area contributed by atoms with E-state index in [2.05, 4.69) is 39.4 Å². The Bertz CT molecular complexity index is 921. The highest BCUT2D eigenvalue weighted by molar-refractivity contribution is 7.17. The molecule has 5 rings (SSSR count). The summed E-state index contributed by atoms with van der Waals surface area (Å²) >= 11 is 1.80. The maximum atomic E-state index is 12.6. The Hall–Kier alpha value is -2.12. The molecule has 3 aliphatic rings. The van der Waals surface area contributed by atoms with E-state index in [1.807, 2.05) is 4.90 Å². The van der Waals surface area contributed by atoms with E-state index in [1.165, 1.54) is 20.7 Å². The molecule has 0 bridgehead atoms. The molecule has 30 heavy (non-hydrogen) atoms. The first kappa shape index (κ1) is 19.8. The molecule has 4 heterocycles. The maximum absolute atomic E-state index is 12.6. The fourth-order valence-corrected chi connectivity index (χ4v) is 5.97. The van der Waals surface area contributed by atoms with E-state index >= 15 is 0 Å². The van der Waals surface area contributed by atoms with E-state index in [-0.39, 0.29) is 18.0 Å². The zero-order valence-corrected chi connectivity index (χ0v) is 18.3. The topological polar surface area (TPSA) is 47.1 Å². The summed E-state index contributed by atoms with van der Waals surface area (Å²) in [5, 5.41) is 3.54. The van der Waals surface area contributed by atoms with Crippen molar-refractivity contribution in [1.29, 1.82) is 0 Å². The van der Waals surface area contributed by atoms with Gasteiger partial charge in [-0.05, 0) is 55.8 Å². The Morgan fingerprint density at radius 3 is 2.67 bits per heavy atom. The molecule has 3 fully saturated rings. The van der Waals surface area contributed by atoms with E-state index in [0.29, 0.717) is 13.0 Å². The third kappa shape index (κ3) is 3.81. The molecule has 1 atom stereocenters. The summed E-state index contributed by atoms with van der Waals surface area (Å²) in [6.45, 7) is 6.66. The lowest BCUT2D eigenvalue weighted by molar-refractivity contribution is -0.132. The molecular formula is C23H30N4O2S. The largest absolute Gasteiger partial charge is 0.368 e. The van der Waals surface area contributed by atoms with Gasteiger partial charge in [0.1, 0.15) is 0 Å². The quantitative estimate of drug-likeness (QED) is 0.662. The summed E-state index contributed by atoms with van der Waals surface area (Å²) in [5.74, 6) is 0.0272. The first-order valence-corrected chi connectivity index (χ1v) is 12.1. The van der Waals surface area contributed by atoms with Crippen LogP contribution in [0.5, 0.6) is 0 Å². The van der Waals surface area contributed by atoms with Crippen LogP contribution in [0, 0.1) is 0 Å². The van der Waals surface area contributed by atoms with E-state index in [4.69, 9.17) is 0 Å². The van der Waals surface area contributed by atoms with Crippen molar-refractivity contribution >= 4 is 39.0 Å². The van der Waals surface area contributed by atoms with Crippen LogP contribution in [0.25, 0.3) is 10.1 Å². The molecule has 6 nitrogen and oxygen atoms in total. The van der Waals surface area contributed by atoms with E-state index < -0.39 is 0 Å². The molecule has 160 valence electrons. The molecule has 0 saturated carbocycles. The van der Waals surface area contributed by atoms with Crippen LogP contribution in [0.2, 0.25) is 0 Å². The summed E-state index contributed by atoms with van der Waals surface area (Å²) in [6, 6.07) is 8.94. The highest BCUT2D eigenvalue weighted by Crippen LogP contribution is 2.31. The van der Waals surface area contributed by atoms with Crippen LogP contribution in [0.3, 0.4) is 0 Å². The average molecular weight is 427 g/mol. The van der Waals surface area contributed by atoms with Crippen LogP contribution in [0.4, 0.5) is 10.5 Å². The molecule has 0 N–H and O–H groups in total. The normalized spacial score (nSPS) is 22.9. The van der Waals surface area contributed by atoms with Crippen molar-refractivity contribution in [2.45, 2.75) is 38.1 Å². The summed E-state index contributed by atoms with van der Waals surface area (Å²) in [7, 11) is 0. The smallest absolute Gasteiger partial charge is 0.326 e. The van der Waals surface area contributed by atoms with Crippen molar-refractivity contribution in [3.8, 4) is 0 Å². The predicted octanol–water partition coefficient (Wildman–Crippen LogP) is 3.62. The van der Waals surface area contributed by atoms with Crippen molar-refractivity contribution in [3.63, 3.8) is 0 Å². The van der Waals surface area contributed by atoms with Gasteiger partial charge < -0.3 is 9.80 Å². The molecule has 7 heteroatoms. The van der Waals surface area contributed by atoms with Crippen LogP contribution in [-0.2, 0) is 4.79 Å². The van der Waals surface area contributed by atoms with Crippen molar-refractivity contribution in [2.75, 3.05) is 50.7 Å². The number of nitrogens with zero attached hydrogens (tertiary/aromatic N) is 4. The number of urea groups is 1. The number of benzene rings is 1. The third-order valence-electron chi connectivity index (χ3n) is 6.86. The number of hydrogen-bond donors (Lipinski definition) is 0. The third-order valence-corrected chi connectivity index (χ3v) is 7.74. The molecule has 3 saturated heterocycles. The number of amides is 3. The highest BCUT2D eigenvalue weighted by atomic mass is 32.1. The Labute approximate surface area is 182 Å². The minimum atomic E-state index is -0.0510. The van der Waals surface area contributed by atoms with Gasteiger partial charge in [-0.3, -0.25) is 14.6 Å². The number of carbonyl (C=O) groups is 2. The minimum absolute atomic E-state index is 0.0272. The lowest BCUT2D eigenvalue weighted by Gasteiger charge is -2.37. The first-order chi connectivity index (χ1) is 14.7. The van der Waals surface area contributed by atoms with Crippen molar-refractivity contribution < 1.29 is 9.59 Å². The van der Waals surface area contributed by atoms with Crippen LogP contribution >= 0.6 is 11.3 Å². The zero-order chi connectivity index (χ0) is 20.5. The molecule has 1 unspecified atom stereocenters. The minimum Gasteiger partial charge on any atom is -0.368 e.